The van der Waals surface area contributed by atoms with E-state index in [-0.39, 0.29) is 70.4 Å². The minimum absolute atomic E-state index is 0.0103. The third kappa shape index (κ3) is 20.0. The van der Waals surface area contributed by atoms with Gasteiger partial charge in [0, 0.05) is 76.1 Å². The summed E-state index contributed by atoms with van der Waals surface area (Å²) < 4.78 is 0. The van der Waals surface area contributed by atoms with Crippen molar-refractivity contribution < 1.29 is 38.4 Å². The maximum atomic E-state index is 13.9. The Morgan fingerprint density at radius 2 is 0.812 bits per heavy atom. The first kappa shape index (κ1) is 71.9. The number of aromatic amines is 2. The van der Waals surface area contributed by atoms with Crippen molar-refractivity contribution in [2.45, 2.75) is 64.1 Å². The van der Waals surface area contributed by atoms with E-state index < -0.39 is 66.1 Å². The molecule has 0 spiro atoms. The number of likely N-dealkylation sites (N-methyl/N-ethyl adjacent to an activating group) is 2. The summed E-state index contributed by atoms with van der Waals surface area (Å²) in [5, 5.41) is 30.0. The van der Waals surface area contributed by atoms with Gasteiger partial charge in [-0.1, -0.05) is 147 Å². The van der Waals surface area contributed by atoms with Crippen LogP contribution in [0.5, 0.6) is 0 Å². The van der Waals surface area contributed by atoms with Crippen LogP contribution in [0.3, 0.4) is 0 Å². The maximum absolute atomic E-state index is 13.9. The predicted molar refractivity (Wildman–Crippen MR) is 397 cm³/mol. The van der Waals surface area contributed by atoms with Gasteiger partial charge in [-0.15, -0.1) is 0 Å². The predicted octanol–water partition coefficient (Wildman–Crippen LogP) is 8.26. The normalized spacial score (nSPS) is 12.3. The van der Waals surface area contributed by atoms with Gasteiger partial charge in [0.1, 0.15) is 18.1 Å². The van der Waals surface area contributed by atoms with Crippen molar-refractivity contribution in [1.82, 2.24) is 73.1 Å². The molecule has 5 aromatic carbocycles. The molecule has 23 nitrogen and oxygen atoms in total. The molecule has 9 amide bonds. The van der Waals surface area contributed by atoms with E-state index >= 15 is 0 Å². The highest BCUT2D eigenvalue weighted by molar-refractivity contribution is 6.01. The maximum Gasteiger partial charge on any atom is 0.319 e. The molecule has 0 saturated heterocycles. The molecule has 5 heterocycles. The van der Waals surface area contributed by atoms with Crippen LogP contribution in [-0.2, 0) is 40.0 Å². The Labute approximate surface area is 586 Å². The molecule has 0 radical (unpaired) electrons. The molecule has 13 N–H and O–H groups in total. The summed E-state index contributed by atoms with van der Waals surface area (Å²) in [6, 6.07) is 51.8. The van der Waals surface area contributed by atoms with Crippen LogP contribution < -0.4 is 58.5 Å². The average Bonchev–Trinajstić information content (AvgIpc) is 1.63. The second-order valence-corrected chi connectivity index (χ2v) is 24.9. The van der Waals surface area contributed by atoms with Crippen molar-refractivity contribution in [2.24, 2.45) is 5.92 Å². The number of H-pyrrole nitrogens is 2. The third-order valence-electron chi connectivity index (χ3n) is 16.8. The first-order valence-corrected chi connectivity index (χ1v) is 33.9. The van der Waals surface area contributed by atoms with Crippen molar-refractivity contribution in [3.63, 3.8) is 0 Å². The highest BCUT2D eigenvalue weighted by Gasteiger charge is 2.29. The van der Waals surface area contributed by atoms with Crippen LogP contribution in [0.4, 0.5) is 10.5 Å². The zero-order valence-corrected chi connectivity index (χ0v) is 56.9. The minimum atomic E-state index is -1.13. The number of rotatable bonds is 31. The molecule has 8 aromatic rings. The lowest BCUT2D eigenvalue weighted by molar-refractivity contribution is -0.133. The van der Waals surface area contributed by atoms with Crippen molar-refractivity contribution in [3.8, 4) is 44.5 Å². The number of carbonyl (C=O) groups is 8. The van der Waals surface area contributed by atoms with Crippen LogP contribution in [0.1, 0.15) is 67.9 Å². The van der Waals surface area contributed by atoms with Crippen molar-refractivity contribution in [1.29, 1.82) is 0 Å². The fourth-order valence-corrected chi connectivity index (χ4v) is 12.0. The lowest BCUT2D eigenvalue weighted by Gasteiger charge is -2.24. The molecule has 10 rings (SSSR count). The molecule has 520 valence electrons. The van der Waals surface area contributed by atoms with E-state index in [0.717, 1.165) is 94.9 Å². The molecule has 0 aliphatic carbocycles. The van der Waals surface area contributed by atoms with Crippen LogP contribution in [0.2, 0.25) is 0 Å². The number of urea groups is 1. The van der Waals surface area contributed by atoms with Gasteiger partial charge in [-0.05, 0) is 134 Å². The molecular formula is C78H85N15O8. The summed E-state index contributed by atoms with van der Waals surface area (Å²) >= 11 is 0. The van der Waals surface area contributed by atoms with Crippen molar-refractivity contribution in [2.75, 3.05) is 65.2 Å². The van der Waals surface area contributed by atoms with E-state index in [0.29, 0.717) is 18.5 Å². The molecule has 101 heavy (non-hydrogen) atoms. The Balaban J connectivity index is 0.821. The monoisotopic (exact) mass is 1360 g/mol. The number of hydrogen-bond donors (Lipinski definition) is 13. The standard InChI is InChI=1S/C78H85N15O8/c1-49(2)43-65(93-77(100)66(44-50-19-9-5-10-20-50)92-69(96)47-84-68(95)46-80-4)76(99)85-48-70(97)91-64(75(98)82-42-41-81-67(94)45-79-3)27-17-18-40-83-78(101)86-55-30-28-54(29-31-55)74-62-38-36-60(89-62)72(52-23-13-7-14-24-52)58-34-32-56(87-58)71(51-21-11-6-12-22-51)57-33-35-59(88-57)73(53-25-15-8-16-26-53)61-37-39-63(74)90-61/h5-16,19-26,28-39,49,64-66,79-80,87,90H,17-18,27,40-48H2,1-4H3,(H,81,94)(H,82,98)(H,84,95)(H,85,99)(H,91,97)(H,92,96)(H,93,100)(H2,83,86,101)/t64-,65-,66-/m0/s1. The summed E-state index contributed by atoms with van der Waals surface area (Å²) in [5.41, 5.74) is 15.3. The van der Waals surface area contributed by atoms with Gasteiger partial charge in [-0.25, -0.2) is 14.8 Å². The fraction of sp³-hybridized carbons (Fsp3) is 0.256. The number of hydrogen-bond acceptors (Lipinski definition) is 12. The molecule has 3 aromatic heterocycles. The number of carbonyl (C=O) groups excluding carboxylic acids is 8. The van der Waals surface area contributed by atoms with Gasteiger partial charge < -0.3 is 68.5 Å². The van der Waals surface area contributed by atoms with Crippen LogP contribution in [0.15, 0.2) is 170 Å². The Morgan fingerprint density at radius 1 is 0.386 bits per heavy atom. The van der Waals surface area contributed by atoms with Gasteiger partial charge in [0.25, 0.3) is 0 Å². The summed E-state index contributed by atoms with van der Waals surface area (Å²) in [6.45, 7) is 3.27. The number of aromatic nitrogens is 4. The molecule has 2 aliphatic rings. The molecule has 23 heteroatoms. The number of nitrogens with one attached hydrogen (secondary N) is 13. The van der Waals surface area contributed by atoms with E-state index in [1.54, 1.807) is 38.4 Å². The molecule has 0 fully saturated rings. The highest BCUT2D eigenvalue weighted by Crippen LogP contribution is 2.39. The largest absolute Gasteiger partial charge is 0.354 e. The van der Waals surface area contributed by atoms with E-state index in [1.807, 2.05) is 111 Å². The van der Waals surface area contributed by atoms with Crippen molar-refractivity contribution >= 4 is 99.4 Å². The van der Waals surface area contributed by atoms with Gasteiger partial charge in [0.15, 0.2) is 0 Å². The lowest BCUT2D eigenvalue weighted by atomic mass is 10.0. The second kappa shape index (κ2) is 35.6. The van der Waals surface area contributed by atoms with Crippen LogP contribution >= 0.6 is 0 Å². The van der Waals surface area contributed by atoms with Crippen LogP contribution in [0, 0.1) is 5.92 Å². The summed E-state index contributed by atoms with van der Waals surface area (Å²) in [6.07, 6.45) is 9.42. The zero-order chi connectivity index (χ0) is 71.0. The van der Waals surface area contributed by atoms with E-state index in [4.69, 9.17) is 9.97 Å². The number of amides is 9. The number of benzene rings is 5. The molecule has 0 saturated carbocycles. The Morgan fingerprint density at radius 3 is 1.29 bits per heavy atom. The lowest BCUT2D eigenvalue weighted by Crippen LogP contribution is -2.56. The average molecular weight is 1360 g/mol. The van der Waals surface area contributed by atoms with Crippen LogP contribution in [0.25, 0.3) is 90.9 Å². The molecule has 0 unspecified atom stereocenters. The summed E-state index contributed by atoms with van der Waals surface area (Å²) in [7, 11) is 3.23. The summed E-state index contributed by atoms with van der Waals surface area (Å²) in [5.74, 6) is -3.94. The van der Waals surface area contributed by atoms with E-state index in [9.17, 15) is 38.4 Å². The van der Waals surface area contributed by atoms with E-state index in [1.165, 1.54) is 0 Å². The smallest absolute Gasteiger partial charge is 0.319 e. The zero-order valence-electron chi connectivity index (χ0n) is 56.9. The highest BCUT2D eigenvalue weighted by atomic mass is 16.2. The topological polar surface area (TPSA) is 326 Å². The molecule has 3 atom stereocenters. The van der Waals surface area contributed by atoms with Crippen molar-refractivity contribution in [3.05, 3.63) is 198 Å². The molecule has 2 aliphatic heterocycles. The number of anilines is 1. The third-order valence-corrected chi connectivity index (χ3v) is 16.8. The Kier molecular flexibility index (Phi) is 25.4. The molecular weight excluding hydrogens is 1270 g/mol. The number of unbranched alkanes of at least 4 members (excludes halogenated alkanes) is 1. The van der Waals surface area contributed by atoms with Gasteiger partial charge in [0.2, 0.25) is 41.4 Å². The molecule has 8 bridgehead atoms. The number of fused-ring (bicyclic) bond motifs is 8. The fourth-order valence-electron chi connectivity index (χ4n) is 12.0. The Hall–Kier alpha value is -11.8. The van der Waals surface area contributed by atoms with Crippen LogP contribution in [-0.4, -0.2) is 145 Å². The first-order chi connectivity index (χ1) is 49.1. The van der Waals surface area contributed by atoms with Gasteiger partial charge in [0.05, 0.1) is 49.0 Å². The minimum Gasteiger partial charge on any atom is -0.354 e. The number of nitrogens with zero attached hydrogens (tertiary/aromatic N) is 2. The summed E-state index contributed by atoms with van der Waals surface area (Å²) in [4.78, 5) is 124. The van der Waals surface area contributed by atoms with Gasteiger partial charge >= 0.3 is 6.03 Å². The van der Waals surface area contributed by atoms with Gasteiger partial charge in [-0.2, -0.15) is 0 Å². The first-order valence-electron chi connectivity index (χ1n) is 33.9. The van der Waals surface area contributed by atoms with Gasteiger partial charge in [-0.3, -0.25) is 33.6 Å². The second-order valence-electron chi connectivity index (χ2n) is 24.9. The quantitative estimate of drug-likeness (QED) is 0.0183. The SMILES string of the molecule is CNCC(=O)NCCNC(=O)[C@H](CCCCNC(=O)Nc1ccc(-c2c3nc(c(-c4ccccc4)c4ccc([nH]4)c(-c4ccccc4)c4nc(c(-c5ccccc5)c5ccc2[nH]5)C=C4)C=C3)cc1)NC(=O)CNC(=O)[C@H](CC(C)C)NC(=O)[C@H](Cc1ccccc1)NC(=O)CNC(=O)CNC. The van der Waals surface area contributed by atoms with E-state index in [2.05, 4.69) is 141 Å². The Bertz CT molecular complexity index is 4440.